The van der Waals surface area contributed by atoms with Gasteiger partial charge in [-0.05, 0) is 13.3 Å². The summed E-state index contributed by atoms with van der Waals surface area (Å²) in [4.78, 5) is 22.6. The quantitative estimate of drug-likeness (QED) is 0.869. The highest BCUT2D eigenvalue weighted by Gasteiger charge is 2.36. The van der Waals surface area contributed by atoms with Crippen LogP contribution >= 0.6 is 11.6 Å². The standard InChI is InChI=1S/C14H17ClN4O2/c1-9-6-18(4-3-14(9,2)21)12(20)11-8-19-7-10(15)5-16-13(19)17-11/h5,7-9,21H,3-4,6H2,1-2H3/t9-,14+/m1/s1. The molecule has 0 radical (unpaired) electrons. The lowest BCUT2D eigenvalue weighted by Gasteiger charge is -2.40. The van der Waals surface area contributed by atoms with Gasteiger partial charge in [-0.25, -0.2) is 9.97 Å². The van der Waals surface area contributed by atoms with Gasteiger partial charge in [0.25, 0.3) is 5.91 Å². The van der Waals surface area contributed by atoms with Gasteiger partial charge in [-0.3, -0.25) is 9.20 Å². The molecular formula is C14H17ClN4O2. The predicted molar refractivity (Wildman–Crippen MR) is 78.3 cm³/mol. The fraction of sp³-hybridized carbons (Fsp3) is 0.500. The summed E-state index contributed by atoms with van der Waals surface area (Å²) in [6.07, 6.45) is 5.36. The highest BCUT2D eigenvalue weighted by molar-refractivity contribution is 6.30. The van der Waals surface area contributed by atoms with Gasteiger partial charge in [0.15, 0.2) is 0 Å². The van der Waals surface area contributed by atoms with Crippen LogP contribution in [0.2, 0.25) is 5.02 Å². The molecule has 0 aliphatic carbocycles. The van der Waals surface area contributed by atoms with Gasteiger partial charge in [0.1, 0.15) is 5.69 Å². The average molecular weight is 309 g/mol. The molecule has 1 aliphatic heterocycles. The Morgan fingerprint density at radius 2 is 2.29 bits per heavy atom. The zero-order chi connectivity index (χ0) is 15.2. The Bertz CT molecular complexity index is 697. The highest BCUT2D eigenvalue weighted by atomic mass is 35.5. The van der Waals surface area contributed by atoms with Gasteiger partial charge in [-0.2, -0.15) is 0 Å². The van der Waals surface area contributed by atoms with E-state index in [2.05, 4.69) is 9.97 Å². The molecule has 1 fully saturated rings. The van der Waals surface area contributed by atoms with Crippen LogP contribution in [0.15, 0.2) is 18.6 Å². The summed E-state index contributed by atoms with van der Waals surface area (Å²) >= 11 is 5.87. The molecule has 0 bridgehead atoms. The number of hydrogen-bond donors (Lipinski definition) is 1. The van der Waals surface area contributed by atoms with Crippen molar-refractivity contribution >= 4 is 23.3 Å². The minimum Gasteiger partial charge on any atom is -0.390 e. The Morgan fingerprint density at radius 3 is 3.00 bits per heavy atom. The molecule has 3 heterocycles. The number of aromatic nitrogens is 3. The minimum atomic E-state index is -0.717. The molecule has 1 N–H and O–H groups in total. The first kappa shape index (κ1) is 14.3. The van der Waals surface area contributed by atoms with Crippen LogP contribution in [0.4, 0.5) is 0 Å². The number of carbonyl (C=O) groups excluding carboxylic acids is 1. The van der Waals surface area contributed by atoms with Crippen LogP contribution in [0.1, 0.15) is 30.8 Å². The molecule has 3 rings (SSSR count). The van der Waals surface area contributed by atoms with E-state index in [0.29, 0.717) is 36.0 Å². The van der Waals surface area contributed by atoms with Gasteiger partial charge >= 0.3 is 0 Å². The van der Waals surface area contributed by atoms with Crippen molar-refractivity contribution in [3.63, 3.8) is 0 Å². The van der Waals surface area contributed by atoms with E-state index in [1.165, 1.54) is 6.20 Å². The Morgan fingerprint density at radius 1 is 1.52 bits per heavy atom. The van der Waals surface area contributed by atoms with Crippen LogP contribution < -0.4 is 0 Å². The fourth-order valence-electron chi connectivity index (χ4n) is 2.54. The maximum absolute atomic E-state index is 12.5. The molecule has 0 spiro atoms. The van der Waals surface area contributed by atoms with Crippen LogP contribution in [0, 0.1) is 5.92 Å². The number of aliphatic hydroxyl groups is 1. The van der Waals surface area contributed by atoms with E-state index in [0.717, 1.165) is 0 Å². The Kier molecular flexibility index (Phi) is 3.37. The highest BCUT2D eigenvalue weighted by Crippen LogP contribution is 2.27. The molecule has 0 unspecified atom stereocenters. The lowest BCUT2D eigenvalue weighted by molar-refractivity contribution is -0.0440. The van der Waals surface area contributed by atoms with Crippen molar-refractivity contribution in [1.82, 2.24) is 19.3 Å². The topological polar surface area (TPSA) is 70.7 Å². The van der Waals surface area contributed by atoms with Crippen LogP contribution in [-0.4, -0.2) is 49.0 Å². The summed E-state index contributed by atoms with van der Waals surface area (Å²) in [6, 6.07) is 0. The van der Waals surface area contributed by atoms with Gasteiger partial charge < -0.3 is 10.0 Å². The predicted octanol–water partition coefficient (Wildman–Crippen LogP) is 1.62. The number of rotatable bonds is 1. The molecule has 1 aliphatic rings. The van der Waals surface area contributed by atoms with Crippen LogP contribution in [-0.2, 0) is 0 Å². The number of halogens is 1. The Hall–Kier alpha value is -1.66. The van der Waals surface area contributed by atoms with Gasteiger partial charge in [0, 0.05) is 31.4 Å². The van der Waals surface area contributed by atoms with E-state index in [4.69, 9.17) is 11.6 Å². The maximum atomic E-state index is 12.5. The van der Waals surface area contributed by atoms with Crippen LogP contribution in [0.5, 0.6) is 0 Å². The van der Waals surface area contributed by atoms with Gasteiger partial charge in [0.2, 0.25) is 5.78 Å². The Balaban J connectivity index is 1.84. The molecule has 7 heteroatoms. The van der Waals surface area contributed by atoms with Gasteiger partial charge in [-0.1, -0.05) is 18.5 Å². The van der Waals surface area contributed by atoms with E-state index in [-0.39, 0.29) is 11.8 Å². The fourth-order valence-corrected chi connectivity index (χ4v) is 2.69. The molecule has 1 saturated heterocycles. The number of hydrogen-bond acceptors (Lipinski definition) is 4. The third-order valence-corrected chi connectivity index (χ3v) is 4.42. The first-order chi connectivity index (χ1) is 9.87. The van der Waals surface area contributed by atoms with Crippen molar-refractivity contribution in [2.75, 3.05) is 13.1 Å². The van der Waals surface area contributed by atoms with Gasteiger partial charge in [-0.15, -0.1) is 0 Å². The van der Waals surface area contributed by atoms with Crippen molar-refractivity contribution in [3.8, 4) is 0 Å². The summed E-state index contributed by atoms with van der Waals surface area (Å²) in [5.41, 5.74) is -0.372. The van der Waals surface area contributed by atoms with Crippen molar-refractivity contribution in [2.45, 2.75) is 25.9 Å². The summed E-state index contributed by atoms with van der Waals surface area (Å²) in [7, 11) is 0. The molecule has 21 heavy (non-hydrogen) atoms. The maximum Gasteiger partial charge on any atom is 0.274 e. The monoisotopic (exact) mass is 308 g/mol. The zero-order valence-electron chi connectivity index (χ0n) is 12.0. The zero-order valence-corrected chi connectivity index (χ0v) is 12.7. The lowest BCUT2D eigenvalue weighted by Crippen LogP contribution is -2.50. The molecule has 2 aromatic heterocycles. The largest absolute Gasteiger partial charge is 0.390 e. The summed E-state index contributed by atoms with van der Waals surface area (Å²) < 4.78 is 1.64. The number of imidazole rings is 1. The minimum absolute atomic E-state index is 0.0276. The van der Waals surface area contributed by atoms with Crippen LogP contribution in [0.3, 0.4) is 0 Å². The second-order valence-corrected chi connectivity index (χ2v) is 6.30. The number of likely N-dealkylation sites (tertiary alicyclic amines) is 1. The number of carbonyl (C=O) groups is 1. The third kappa shape index (κ3) is 2.61. The molecule has 2 aromatic rings. The number of fused-ring (bicyclic) bond motifs is 1. The first-order valence-electron chi connectivity index (χ1n) is 6.89. The Labute approximate surface area is 127 Å². The van der Waals surface area contributed by atoms with Crippen LogP contribution in [0.25, 0.3) is 5.78 Å². The lowest BCUT2D eigenvalue weighted by atomic mass is 9.84. The summed E-state index contributed by atoms with van der Waals surface area (Å²) in [5.74, 6) is 0.332. The molecule has 1 amide bonds. The third-order valence-electron chi connectivity index (χ3n) is 4.23. The van der Waals surface area contributed by atoms with E-state index in [9.17, 15) is 9.90 Å². The number of nitrogens with zero attached hydrogens (tertiary/aromatic N) is 4. The van der Waals surface area contributed by atoms with E-state index in [1.54, 1.807) is 21.7 Å². The number of amides is 1. The second-order valence-electron chi connectivity index (χ2n) is 5.86. The summed E-state index contributed by atoms with van der Waals surface area (Å²) in [5, 5.41) is 10.7. The van der Waals surface area contributed by atoms with Crippen molar-refractivity contribution in [3.05, 3.63) is 29.3 Å². The van der Waals surface area contributed by atoms with Crippen molar-refractivity contribution in [1.29, 1.82) is 0 Å². The second kappa shape index (κ2) is 4.96. The van der Waals surface area contributed by atoms with Gasteiger partial charge in [0.05, 0.1) is 16.8 Å². The van der Waals surface area contributed by atoms with E-state index >= 15 is 0 Å². The summed E-state index contributed by atoms with van der Waals surface area (Å²) in [6.45, 7) is 4.81. The molecule has 2 atom stereocenters. The van der Waals surface area contributed by atoms with Crippen molar-refractivity contribution in [2.24, 2.45) is 5.92 Å². The molecule has 112 valence electrons. The first-order valence-corrected chi connectivity index (χ1v) is 7.26. The number of piperidine rings is 1. The molecule has 0 saturated carbocycles. The van der Waals surface area contributed by atoms with Crippen molar-refractivity contribution < 1.29 is 9.90 Å². The smallest absolute Gasteiger partial charge is 0.274 e. The molecule has 0 aromatic carbocycles. The van der Waals surface area contributed by atoms with E-state index in [1.807, 2.05) is 13.8 Å². The SMILES string of the molecule is C[C@@H]1CN(C(=O)c2cn3cc(Cl)cnc3n2)CC[C@]1(C)O. The molecule has 6 nitrogen and oxygen atoms in total. The average Bonchev–Trinajstić information content (AvgIpc) is 2.84. The molecular weight excluding hydrogens is 292 g/mol. The van der Waals surface area contributed by atoms with E-state index < -0.39 is 5.60 Å². The normalized spacial score (nSPS) is 26.3.